The molecule has 1 aliphatic rings. The second-order valence-corrected chi connectivity index (χ2v) is 13.3. The molecule has 0 saturated heterocycles. The Kier molecular flexibility index (Phi) is 7.17. The lowest BCUT2D eigenvalue weighted by atomic mass is 10.1. The van der Waals surface area contributed by atoms with Crippen molar-refractivity contribution in [1.29, 1.82) is 0 Å². The molecule has 8 nitrogen and oxygen atoms in total. The highest BCUT2D eigenvalue weighted by atomic mass is 32.2. The van der Waals surface area contributed by atoms with E-state index in [1.165, 1.54) is 24.3 Å². The number of aryl methyl sites for hydroxylation is 4. The molecule has 212 valence electrons. The van der Waals surface area contributed by atoms with Gasteiger partial charge in [0.2, 0.25) is 0 Å². The van der Waals surface area contributed by atoms with Gasteiger partial charge in [0.25, 0.3) is 0 Å². The third-order valence-corrected chi connectivity index (χ3v) is 9.30. The minimum absolute atomic E-state index is 0.0376. The first kappa shape index (κ1) is 28.4. The molecular formula is C31H30N2O6S2. The van der Waals surface area contributed by atoms with E-state index in [-0.39, 0.29) is 21.3 Å². The minimum Gasteiger partial charge on any atom is -0.378 e. The smallest absolute Gasteiger partial charge is 0.339 e. The Bertz CT molecular complexity index is 1770. The fourth-order valence-corrected chi connectivity index (χ4v) is 7.00. The van der Waals surface area contributed by atoms with Gasteiger partial charge in [0.1, 0.15) is 21.3 Å². The van der Waals surface area contributed by atoms with Crippen molar-refractivity contribution in [2.75, 3.05) is 14.1 Å². The molecule has 4 aromatic rings. The summed E-state index contributed by atoms with van der Waals surface area (Å²) in [5, 5.41) is 6.19. The quantitative estimate of drug-likeness (QED) is 0.176. The molecule has 0 unspecified atom stereocenters. The predicted octanol–water partition coefficient (Wildman–Crippen LogP) is 5.75. The SMILES string of the molecule is Cc1cccc(C)c1OS(=O)(=O)c1ccc2c(c1)C(=NN(C)C)c1cc(S(=O)(=O)Oc3c(C)cccc3C)ccc1-2. The second kappa shape index (κ2) is 10.4. The van der Waals surface area contributed by atoms with Crippen LogP contribution in [0.1, 0.15) is 33.4 Å². The molecule has 0 heterocycles. The van der Waals surface area contributed by atoms with Crippen LogP contribution in [-0.4, -0.2) is 41.7 Å². The van der Waals surface area contributed by atoms with E-state index in [0.717, 1.165) is 11.1 Å². The molecule has 1 aliphatic carbocycles. The van der Waals surface area contributed by atoms with Gasteiger partial charge >= 0.3 is 20.2 Å². The summed E-state index contributed by atoms with van der Waals surface area (Å²) in [5.74, 6) is 0.578. The number of rotatable bonds is 7. The monoisotopic (exact) mass is 590 g/mol. The average Bonchev–Trinajstić information content (AvgIpc) is 3.20. The number of hydrogen-bond donors (Lipinski definition) is 0. The van der Waals surface area contributed by atoms with E-state index >= 15 is 0 Å². The molecule has 5 rings (SSSR count). The van der Waals surface area contributed by atoms with Gasteiger partial charge in [0.05, 0.1) is 5.71 Å². The van der Waals surface area contributed by atoms with E-state index in [0.29, 0.717) is 39.1 Å². The van der Waals surface area contributed by atoms with Gasteiger partial charge in [0.15, 0.2) is 0 Å². The molecule has 0 spiro atoms. The molecular weight excluding hydrogens is 560 g/mol. The van der Waals surface area contributed by atoms with E-state index < -0.39 is 20.2 Å². The Balaban J connectivity index is 1.57. The van der Waals surface area contributed by atoms with Gasteiger partial charge in [-0.05, 0) is 85.3 Å². The van der Waals surface area contributed by atoms with Crippen LogP contribution < -0.4 is 8.37 Å². The summed E-state index contributed by atoms with van der Waals surface area (Å²) in [6, 6.07) is 20.2. The van der Waals surface area contributed by atoms with Crippen LogP contribution in [0.4, 0.5) is 0 Å². The third kappa shape index (κ3) is 5.32. The Morgan fingerprint density at radius 1 is 0.561 bits per heavy atom. The standard InChI is InChI=1S/C31H30N2O6S2/c1-19-9-7-10-20(2)30(19)38-40(34,35)23-13-15-25-26-16-14-24(18-28(26)29(27(25)17-23)32-33(5)6)41(36,37)39-31-21(3)11-8-12-22(31)4/h7-18H,1-6H3. The lowest BCUT2D eigenvalue weighted by Gasteiger charge is -2.13. The molecule has 0 amide bonds. The molecule has 0 aliphatic heterocycles. The fourth-order valence-electron chi connectivity index (χ4n) is 4.85. The van der Waals surface area contributed by atoms with Gasteiger partial charge in [0, 0.05) is 25.2 Å². The average molecular weight is 591 g/mol. The lowest BCUT2D eigenvalue weighted by Crippen LogP contribution is -2.14. The van der Waals surface area contributed by atoms with Gasteiger partial charge < -0.3 is 13.4 Å². The maximum Gasteiger partial charge on any atom is 0.339 e. The van der Waals surface area contributed by atoms with Crippen molar-refractivity contribution in [2.45, 2.75) is 37.5 Å². The molecule has 41 heavy (non-hydrogen) atoms. The van der Waals surface area contributed by atoms with E-state index in [4.69, 9.17) is 8.37 Å². The number of hydrogen-bond acceptors (Lipinski definition) is 8. The molecule has 0 atom stereocenters. The molecule has 0 fully saturated rings. The summed E-state index contributed by atoms with van der Waals surface area (Å²) in [6.07, 6.45) is 0. The number of benzene rings is 4. The third-order valence-electron chi connectivity index (χ3n) is 6.86. The molecule has 0 radical (unpaired) electrons. The number of nitrogens with zero attached hydrogens (tertiary/aromatic N) is 2. The predicted molar refractivity (Wildman–Crippen MR) is 159 cm³/mol. The number of hydrazone groups is 1. The van der Waals surface area contributed by atoms with Crippen molar-refractivity contribution in [3.05, 3.63) is 106 Å². The van der Waals surface area contributed by atoms with Crippen LogP contribution in [0.3, 0.4) is 0 Å². The van der Waals surface area contributed by atoms with Crippen LogP contribution in [-0.2, 0) is 20.2 Å². The van der Waals surface area contributed by atoms with Gasteiger partial charge in [-0.2, -0.15) is 21.9 Å². The van der Waals surface area contributed by atoms with E-state index in [9.17, 15) is 16.8 Å². The van der Waals surface area contributed by atoms with Crippen LogP contribution in [0.15, 0.2) is 87.7 Å². The highest BCUT2D eigenvalue weighted by Gasteiger charge is 2.31. The van der Waals surface area contributed by atoms with Crippen LogP contribution in [0, 0.1) is 27.7 Å². The first-order chi connectivity index (χ1) is 19.3. The van der Waals surface area contributed by atoms with Crippen LogP contribution in [0.5, 0.6) is 11.5 Å². The van der Waals surface area contributed by atoms with E-state index in [1.54, 1.807) is 83.2 Å². The van der Waals surface area contributed by atoms with Gasteiger partial charge in [-0.25, -0.2) is 0 Å². The molecule has 0 N–H and O–H groups in total. The Hall–Kier alpha value is -4.15. The van der Waals surface area contributed by atoms with Crippen molar-refractivity contribution in [2.24, 2.45) is 5.10 Å². The van der Waals surface area contributed by atoms with E-state index in [2.05, 4.69) is 5.10 Å². The Morgan fingerprint density at radius 3 is 1.27 bits per heavy atom. The summed E-state index contributed by atoms with van der Waals surface area (Å²) in [6.45, 7) is 7.15. The highest BCUT2D eigenvalue weighted by molar-refractivity contribution is 7.87. The van der Waals surface area contributed by atoms with Crippen LogP contribution in [0.2, 0.25) is 0 Å². The first-order valence-corrected chi connectivity index (χ1v) is 15.7. The molecule has 10 heteroatoms. The summed E-state index contributed by atoms with van der Waals surface area (Å²) in [4.78, 5) is -0.0752. The van der Waals surface area contributed by atoms with Crippen LogP contribution in [0.25, 0.3) is 11.1 Å². The summed E-state index contributed by atoms with van der Waals surface area (Å²) in [7, 11) is -4.88. The Morgan fingerprint density at radius 2 is 0.927 bits per heavy atom. The van der Waals surface area contributed by atoms with Crippen molar-refractivity contribution in [3.8, 4) is 22.6 Å². The molecule has 0 aromatic heterocycles. The Labute approximate surface area is 241 Å². The first-order valence-electron chi connectivity index (χ1n) is 12.8. The van der Waals surface area contributed by atoms with Crippen molar-refractivity contribution >= 4 is 25.9 Å². The van der Waals surface area contributed by atoms with Crippen molar-refractivity contribution in [3.63, 3.8) is 0 Å². The molecule has 0 bridgehead atoms. The highest BCUT2D eigenvalue weighted by Crippen LogP contribution is 2.40. The zero-order valence-electron chi connectivity index (χ0n) is 23.6. The maximum absolute atomic E-state index is 13.4. The number of para-hydroxylation sites is 2. The zero-order valence-corrected chi connectivity index (χ0v) is 25.2. The normalized spacial score (nSPS) is 12.5. The molecule has 4 aromatic carbocycles. The summed E-state index contributed by atoms with van der Waals surface area (Å²) in [5.41, 5.74) is 5.80. The maximum atomic E-state index is 13.4. The van der Waals surface area contributed by atoms with Crippen molar-refractivity contribution in [1.82, 2.24) is 5.01 Å². The second-order valence-electron chi connectivity index (χ2n) is 10.2. The minimum atomic E-state index is -4.18. The lowest BCUT2D eigenvalue weighted by molar-refractivity contribution is 0.438. The van der Waals surface area contributed by atoms with Crippen molar-refractivity contribution < 1.29 is 25.2 Å². The van der Waals surface area contributed by atoms with Gasteiger partial charge in [-0.3, -0.25) is 0 Å². The van der Waals surface area contributed by atoms with Crippen LogP contribution >= 0.6 is 0 Å². The summed E-state index contributed by atoms with van der Waals surface area (Å²) >= 11 is 0. The number of fused-ring (bicyclic) bond motifs is 3. The largest absolute Gasteiger partial charge is 0.378 e. The molecule has 0 saturated carbocycles. The van der Waals surface area contributed by atoms with E-state index in [1.807, 2.05) is 12.1 Å². The van der Waals surface area contributed by atoms with Gasteiger partial charge in [-0.15, -0.1) is 0 Å². The summed E-state index contributed by atoms with van der Waals surface area (Å²) < 4.78 is 64.6. The fraction of sp³-hybridized carbons (Fsp3) is 0.194. The zero-order chi connectivity index (χ0) is 29.7. The van der Waals surface area contributed by atoms with Gasteiger partial charge in [-0.1, -0.05) is 48.5 Å². The topological polar surface area (TPSA) is 102 Å².